The topological polar surface area (TPSA) is 76.5 Å². The van der Waals surface area contributed by atoms with Gasteiger partial charge in [0.1, 0.15) is 23.2 Å². The van der Waals surface area contributed by atoms with Crippen molar-refractivity contribution in [2.45, 2.75) is 52.0 Å². The van der Waals surface area contributed by atoms with Gasteiger partial charge in [-0.2, -0.15) is 0 Å². The van der Waals surface area contributed by atoms with Crippen molar-refractivity contribution >= 4 is 22.6 Å². The van der Waals surface area contributed by atoms with E-state index in [0.717, 1.165) is 31.4 Å². The monoisotopic (exact) mass is 548 g/mol. The van der Waals surface area contributed by atoms with Crippen molar-refractivity contribution in [2.24, 2.45) is 0 Å². The van der Waals surface area contributed by atoms with Crippen LogP contribution in [0.5, 0.6) is 5.75 Å². The van der Waals surface area contributed by atoms with Crippen LogP contribution in [-0.4, -0.2) is 34.1 Å². The van der Waals surface area contributed by atoms with Crippen LogP contribution in [0.25, 0.3) is 16.6 Å². The molecule has 0 fully saturated rings. The van der Waals surface area contributed by atoms with E-state index in [1.807, 2.05) is 13.0 Å². The summed E-state index contributed by atoms with van der Waals surface area (Å²) in [6.07, 6.45) is 4.04. The van der Waals surface area contributed by atoms with Crippen LogP contribution in [0.15, 0.2) is 71.5 Å². The predicted molar refractivity (Wildman–Crippen MR) is 153 cm³/mol. The lowest BCUT2D eigenvalue weighted by Gasteiger charge is -2.32. The van der Waals surface area contributed by atoms with E-state index in [1.54, 1.807) is 47.4 Å². The second-order valence-corrected chi connectivity index (χ2v) is 9.53. The van der Waals surface area contributed by atoms with Gasteiger partial charge in [0, 0.05) is 12.6 Å². The third-order valence-electron chi connectivity index (χ3n) is 6.87. The largest absolute Gasteiger partial charge is 0.495 e. The molecule has 0 radical (unpaired) electrons. The molecular weight excluding hydrogens is 514 g/mol. The fraction of sp³-hybridized carbons (Fsp3) is 0.323. The molecule has 2 amide bonds. The average Bonchev–Trinajstić information content (AvgIpc) is 2.96. The number of para-hydroxylation sites is 3. The number of fused-ring (bicyclic) bond motifs is 1. The van der Waals surface area contributed by atoms with Gasteiger partial charge in [-0.3, -0.25) is 9.36 Å². The number of aromatic nitrogens is 2. The van der Waals surface area contributed by atoms with Gasteiger partial charge in [-0.25, -0.2) is 18.6 Å². The second-order valence-electron chi connectivity index (χ2n) is 9.53. The Morgan fingerprint density at radius 1 is 1.02 bits per heavy atom. The van der Waals surface area contributed by atoms with E-state index in [0.29, 0.717) is 47.6 Å². The number of nitrogens with zero attached hydrogens (tertiary/aromatic N) is 3. The molecule has 1 unspecified atom stereocenters. The Bertz CT molecular complexity index is 1540. The number of halogens is 2. The highest BCUT2D eigenvalue weighted by molar-refractivity contribution is 5.89. The van der Waals surface area contributed by atoms with Crippen molar-refractivity contribution in [3.63, 3.8) is 0 Å². The molecule has 3 aromatic carbocycles. The first-order valence-electron chi connectivity index (χ1n) is 13.6. The molecular formula is C31H34F2N4O3. The van der Waals surface area contributed by atoms with Crippen LogP contribution in [0.4, 0.5) is 19.3 Å². The maximum absolute atomic E-state index is 14.5. The van der Waals surface area contributed by atoms with E-state index in [-0.39, 0.29) is 11.2 Å². The maximum atomic E-state index is 14.5. The summed E-state index contributed by atoms with van der Waals surface area (Å²) in [5.41, 5.74) is 0.577. The molecule has 1 aromatic heterocycles. The molecule has 0 aliphatic carbocycles. The van der Waals surface area contributed by atoms with Crippen molar-refractivity contribution in [1.29, 1.82) is 0 Å². The zero-order chi connectivity index (χ0) is 28.6. The normalized spacial score (nSPS) is 11.8. The Morgan fingerprint density at radius 2 is 1.77 bits per heavy atom. The SMILES string of the molecule is CCCCCCN(C(=O)Nc1ccc(F)cc1F)C(CC)c1nc2ccccc2c(=O)n1-c1ccccc1OC. The van der Waals surface area contributed by atoms with E-state index < -0.39 is 23.7 Å². The summed E-state index contributed by atoms with van der Waals surface area (Å²) in [7, 11) is 1.53. The Hall–Kier alpha value is -4.27. The lowest BCUT2D eigenvalue weighted by molar-refractivity contribution is 0.179. The Balaban J connectivity index is 1.87. The van der Waals surface area contributed by atoms with Crippen molar-refractivity contribution in [2.75, 3.05) is 19.0 Å². The number of benzene rings is 3. The summed E-state index contributed by atoms with van der Waals surface area (Å²) in [6, 6.07) is 16.0. The van der Waals surface area contributed by atoms with E-state index >= 15 is 0 Å². The number of hydrogen-bond donors (Lipinski definition) is 1. The molecule has 210 valence electrons. The van der Waals surface area contributed by atoms with Crippen LogP contribution in [0.2, 0.25) is 0 Å². The van der Waals surface area contributed by atoms with Gasteiger partial charge < -0.3 is 15.0 Å². The fourth-order valence-electron chi connectivity index (χ4n) is 4.85. The highest BCUT2D eigenvalue weighted by Gasteiger charge is 2.30. The third-order valence-corrected chi connectivity index (χ3v) is 6.87. The number of rotatable bonds is 11. The number of nitrogens with one attached hydrogen (secondary N) is 1. The first kappa shape index (κ1) is 28.7. The van der Waals surface area contributed by atoms with E-state index in [2.05, 4.69) is 12.2 Å². The summed E-state index contributed by atoms with van der Waals surface area (Å²) < 4.78 is 35.1. The van der Waals surface area contributed by atoms with Crippen LogP contribution in [-0.2, 0) is 0 Å². The summed E-state index contributed by atoms with van der Waals surface area (Å²) in [5.74, 6) is -0.771. The van der Waals surface area contributed by atoms with Crippen molar-refractivity contribution in [3.05, 3.63) is 94.5 Å². The van der Waals surface area contributed by atoms with E-state index in [4.69, 9.17) is 9.72 Å². The molecule has 0 saturated carbocycles. The van der Waals surface area contributed by atoms with Crippen molar-refractivity contribution in [3.8, 4) is 11.4 Å². The molecule has 0 spiro atoms. The molecule has 4 rings (SSSR count). The molecule has 0 aliphatic heterocycles. The molecule has 0 aliphatic rings. The van der Waals surface area contributed by atoms with Crippen molar-refractivity contribution in [1.82, 2.24) is 14.5 Å². The van der Waals surface area contributed by atoms with Crippen molar-refractivity contribution < 1.29 is 18.3 Å². The van der Waals surface area contributed by atoms with Gasteiger partial charge >= 0.3 is 6.03 Å². The number of hydrogen-bond acceptors (Lipinski definition) is 4. The minimum absolute atomic E-state index is 0.131. The van der Waals surface area contributed by atoms with Crippen LogP contribution in [0.3, 0.4) is 0 Å². The lowest BCUT2D eigenvalue weighted by Crippen LogP contribution is -2.41. The standard InChI is InChI=1S/C31H34F2N4O3/c1-4-6-7-12-19-36(31(39)35-25-18-17-21(32)20-23(25)33)26(5-2)29-34-24-14-9-8-13-22(24)30(38)37(29)27-15-10-11-16-28(27)40-3/h8-11,13-18,20,26H,4-7,12,19H2,1-3H3,(H,35,39). The molecule has 40 heavy (non-hydrogen) atoms. The molecule has 4 aromatic rings. The molecule has 7 nitrogen and oxygen atoms in total. The molecule has 1 heterocycles. The van der Waals surface area contributed by atoms with Crippen LogP contribution < -0.4 is 15.6 Å². The first-order chi connectivity index (χ1) is 19.4. The Kier molecular flexibility index (Phi) is 9.47. The van der Waals surface area contributed by atoms with E-state index in [1.165, 1.54) is 17.7 Å². The number of methoxy groups -OCH3 is 1. The fourth-order valence-corrected chi connectivity index (χ4v) is 4.85. The van der Waals surface area contributed by atoms with Gasteiger partial charge in [0.25, 0.3) is 5.56 Å². The third kappa shape index (κ3) is 6.14. The lowest BCUT2D eigenvalue weighted by atomic mass is 10.1. The second kappa shape index (κ2) is 13.2. The quantitative estimate of drug-likeness (QED) is 0.201. The summed E-state index contributed by atoms with van der Waals surface area (Å²) >= 11 is 0. The highest BCUT2D eigenvalue weighted by atomic mass is 19.1. The molecule has 0 saturated heterocycles. The van der Waals surface area contributed by atoms with Gasteiger partial charge in [0.2, 0.25) is 0 Å². The number of urea groups is 1. The van der Waals surface area contributed by atoms with Gasteiger partial charge in [-0.1, -0.05) is 57.4 Å². The number of unbranched alkanes of at least 4 members (excludes halogenated alkanes) is 3. The molecule has 1 N–H and O–H groups in total. The molecule has 9 heteroatoms. The summed E-state index contributed by atoms with van der Waals surface area (Å²) in [5, 5.41) is 3.03. The minimum atomic E-state index is -0.873. The van der Waals surface area contributed by atoms with Crippen LogP contribution >= 0.6 is 0 Å². The van der Waals surface area contributed by atoms with Gasteiger partial charge in [-0.05, 0) is 49.2 Å². The zero-order valence-corrected chi connectivity index (χ0v) is 23.0. The Labute approximate surface area is 232 Å². The number of carbonyl (C=O) groups is 1. The summed E-state index contributed by atoms with van der Waals surface area (Å²) in [4.78, 5) is 34.2. The first-order valence-corrected chi connectivity index (χ1v) is 13.6. The Morgan fingerprint density at radius 3 is 2.50 bits per heavy atom. The number of ether oxygens (including phenoxy) is 1. The van der Waals surface area contributed by atoms with Gasteiger partial charge in [-0.15, -0.1) is 0 Å². The minimum Gasteiger partial charge on any atom is -0.495 e. The van der Waals surface area contributed by atoms with Crippen LogP contribution in [0.1, 0.15) is 57.8 Å². The molecule has 0 bridgehead atoms. The van der Waals surface area contributed by atoms with Gasteiger partial charge in [0.05, 0.1) is 35.4 Å². The molecule has 1 atom stereocenters. The average molecular weight is 549 g/mol. The predicted octanol–water partition coefficient (Wildman–Crippen LogP) is 7.24. The van der Waals surface area contributed by atoms with Gasteiger partial charge in [0.15, 0.2) is 0 Å². The maximum Gasteiger partial charge on any atom is 0.322 e. The highest BCUT2D eigenvalue weighted by Crippen LogP contribution is 2.30. The number of anilines is 1. The summed E-state index contributed by atoms with van der Waals surface area (Å²) in [6.45, 7) is 4.35. The number of amides is 2. The zero-order valence-electron chi connectivity index (χ0n) is 23.0. The van der Waals surface area contributed by atoms with Crippen LogP contribution in [0, 0.1) is 11.6 Å². The smallest absolute Gasteiger partial charge is 0.322 e. The van der Waals surface area contributed by atoms with E-state index in [9.17, 15) is 18.4 Å². The number of carbonyl (C=O) groups excluding carboxylic acids is 1.